The standard InChI is InChI=1S/C21H15F3IN3O3/c1-30-16-4-2-13(3-5-16)11-28-12-27-19(21(22,23)24)18(20(28)29)31-17-7-14(9-25)6-15(8-17)10-26/h2-8,12H,9,11H2,1H3. The Morgan fingerprint density at radius 1 is 1.13 bits per heavy atom. The number of methoxy groups -OCH3 is 1. The first-order valence-corrected chi connectivity index (χ1v) is 10.3. The van der Waals surface area contributed by atoms with Crippen LogP contribution in [0.4, 0.5) is 13.2 Å². The maximum atomic E-state index is 13.5. The third-order valence-corrected chi connectivity index (χ3v) is 5.13. The Morgan fingerprint density at radius 3 is 2.42 bits per heavy atom. The van der Waals surface area contributed by atoms with Gasteiger partial charge in [-0.25, -0.2) is 4.98 Å². The van der Waals surface area contributed by atoms with E-state index in [2.05, 4.69) is 27.6 Å². The second kappa shape index (κ2) is 9.38. The lowest BCUT2D eigenvalue weighted by Gasteiger charge is -2.15. The van der Waals surface area contributed by atoms with Gasteiger partial charge in [-0.3, -0.25) is 9.36 Å². The third-order valence-electron chi connectivity index (χ3n) is 4.25. The molecule has 0 spiro atoms. The largest absolute Gasteiger partial charge is 0.497 e. The second-order valence-electron chi connectivity index (χ2n) is 6.41. The van der Waals surface area contributed by atoms with Crippen LogP contribution in [0.3, 0.4) is 0 Å². The summed E-state index contributed by atoms with van der Waals surface area (Å²) in [7, 11) is 1.51. The molecular formula is C21H15F3IN3O3. The number of ether oxygens (including phenoxy) is 2. The van der Waals surface area contributed by atoms with Crippen molar-refractivity contribution in [3.05, 3.63) is 81.5 Å². The normalized spacial score (nSPS) is 11.1. The van der Waals surface area contributed by atoms with Crippen molar-refractivity contribution in [3.63, 3.8) is 0 Å². The number of benzene rings is 2. The zero-order chi connectivity index (χ0) is 22.6. The van der Waals surface area contributed by atoms with Gasteiger partial charge in [-0.1, -0.05) is 34.7 Å². The lowest BCUT2D eigenvalue weighted by Crippen LogP contribution is -2.26. The minimum absolute atomic E-state index is 0.0123. The average molecular weight is 541 g/mol. The first-order valence-electron chi connectivity index (χ1n) is 8.82. The summed E-state index contributed by atoms with van der Waals surface area (Å²) in [5.74, 6) is -0.385. The average Bonchev–Trinajstić information content (AvgIpc) is 2.75. The smallest absolute Gasteiger partial charge is 0.437 e. The maximum absolute atomic E-state index is 13.5. The summed E-state index contributed by atoms with van der Waals surface area (Å²) in [4.78, 5) is 16.3. The van der Waals surface area contributed by atoms with E-state index in [0.29, 0.717) is 21.3 Å². The zero-order valence-corrected chi connectivity index (χ0v) is 18.3. The van der Waals surface area contributed by atoms with Gasteiger partial charge < -0.3 is 9.47 Å². The molecule has 2 aromatic carbocycles. The lowest BCUT2D eigenvalue weighted by molar-refractivity contribution is -0.142. The van der Waals surface area contributed by atoms with Crippen LogP contribution in [0.15, 0.2) is 53.6 Å². The molecule has 0 unspecified atom stereocenters. The van der Waals surface area contributed by atoms with Gasteiger partial charge in [0.25, 0.3) is 5.56 Å². The molecule has 0 aliphatic rings. The van der Waals surface area contributed by atoms with Gasteiger partial charge in [-0.15, -0.1) is 0 Å². The number of halogens is 4. The SMILES string of the molecule is COc1ccc(Cn2cnc(C(F)(F)F)c(Oc3cc(C#N)cc(CI)c3)c2=O)cc1. The molecular weight excluding hydrogens is 526 g/mol. The highest BCUT2D eigenvalue weighted by Crippen LogP contribution is 2.35. The minimum Gasteiger partial charge on any atom is -0.497 e. The van der Waals surface area contributed by atoms with Crippen LogP contribution in [0, 0.1) is 11.3 Å². The van der Waals surface area contributed by atoms with Crippen molar-refractivity contribution in [1.29, 1.82) is 5.26 Å². The van der Waals surface area contributed by atoms with Gasteiger partial charge >= 0.3 is 6.18 Å². The molecule has 0 bridgehead atoms. The van der Waals surface area contributed by atoms with Gasteiger partial charge in [0.2, 0.25) is 5.75 Å². The first-order chi connectivity index (χ1) is 14.7. The summed E-state index contributed by atoms with van der Waals surface area (Å²) in [5, 5.41) is 9.16. The highest BCUT2D eigenvalue weighted by Gasteiger charge is 2.38. The Labute approximate surface area is 189 Å². The highest BCUT2D eigenvalue weighted by molar-refractivity contribution is 14.1. The molecule has 10 heteroatoms. The molecule has 0 amide bonds. The van der Waals surface area contributed by atoms with Gasteiger partial charge in [0.1, 0.15) is 11.5 Å². The summed E-state index contributed by atoms with van der Waals surface area (Å²) in [5.41, 5.74) is -0.877. The molecule has 160 valence electrons. The topological polar surface area (TPSA) is 77.1 Å². The van der Waals surface area contributed by atoms with Crippen LogP contribution < -0.4 is 15.0 Å². The molecule has 0 fully saturated rings. The van der Waals surface area contributed by atoms with Crippen molar-refractivity contribution in [2.24, 2.45) is 0 Å². The summed E-state index contributed by atoms with van der Waals surface area (Å²) < 4.78 is 52.5. The van der Waals surface area contributed by atoms with E-state index in [4.69, 9.17) is 14.7 Å². The molecule has 3 rings (SSSR count). The summed E-state index contributed by atoms with van der Waals surface area (Å²) in [6, 6.07) is 13.0. The molecule has 31 heavy (non-hydrogen) atoms. The summed E-state index contributed by atoms with van der Waals surface area (Å²) >= 11 is 2.05. The molecule has 3 aromatic rings. The third kappa shape index (κ3) is 5.35. The Bertz CT molecular complexity index is 1190. The van der Waals surface area contributed by atoms with E-state index in [0.717, 1.165) is 10.9 Å². The Kier molecular flexibility index (Phi) is 6.84. The van der Waals surface area contributed by atoms with Crippen LogP contribution in [0.1, 0.15) is 22.4 Å². The van der Waals surface area contributed by atoms with Crippen LogP contribution in [0.2, 0.25) is 0 Å². The second-order valence-corrected chi connectivity index (χ2v) is 7.18. The fourth-order valence-electron chi connectivity index (χ4n) is 2.78. The number of rotatable bonds is 6. The highest BCUT2D eigenvalue weighted by atomic mass is 127. The predicted octanol–water partition coefficient (Wildman–Crippen LogP) is 4.92. The molecule has 0 N–H and O–H groups in total. The molecule has 1 heterocycles. The van der Waals surface area contributed by atoms with Crippen molar-refractivity contribution in [1.82, 2.24) is 9.55 Å². The number of hydrogen-bond donors (Lipinski definition) is 0. The van der Waals surface area contributed by atoms with Gasteiger partial charge in [-0.05, 0) is 41.5 Å². The van der Waals surface area contributed by atoms with Crippen LogP contribution in [-0.2, 0) is 17.1 Å². The molecule has 0 atom stereocenters. The van der Waals surface area contributed by atoms with Crippen molar-refractivity contribution in [2.75, 3.05) is 7.11 Å². The van der Waals surface area contributed by atoms with Gasteiger partial charge in [0.05, 0.1) is 31.6 Å². The predicted molar refractivity (Wildman–Crippen MR) is 115 cm³/mol. The van der Waals surface area contributed by atoms with Crippen LogP contribution in [0.25, 0.3) is 0 Å². The van der Waals surface area contributed by atoms with Crippen LogP contribution in [0.5, 0.6) is 17.2 Å². The number of nitrogens with zero attached hydrogens (tertiary/aromatic N) is 3. The number of hydrogen-bond acceptors (Lipinski definition) is 5. The fourth-order valence-corrected chi connectivity index (χ4v) is 3.22. The molecule has 0 saturated heterocycles. The number of aromatic nitrogens is 2. The van der Waals surface area contributed by atoms with Crippen molar-refractivity contribution in [2.45, 2.75) is 17.1 Å². The van der Waals surface area contributed by atoms with Crippen molar-refractivity contribution >= 4 is 22.6 Å². The van der Waals surface area contributed by atoms with E-state index in [1.54, 1.807) is 30.3 Å². The van der Waals surface area contributed by atoms with Gasteiger partial charge in [0.15, 0.2) is 5.69 Å². The van der Waals surface area contributed by atoms with Crippen molar-refractivity contribution in [3.8, 4) is 23.3 Å². The molecule has 1 aromatic heterocycles. The first kappa shape index (κ1) is 22.6. The Hall–Kier alpha value is -3.07. The molecule has 0 aliphatic carbocycles. The van der Waals surface area contributed by atoms with E-state index in [1.165, 1.54) is 19.2 Å². The molecule has 0 saturated carbocycles. The van der Waals surface area contributed by atoms with Crippen LogP contribution in [-0.4, -0.2) is 16.7 Å². The van der Waals surface area contributed by atoms with E-state index in [-0.39, 0.29) is 17.9 Å². The maximum Gasteiger partial charge on any atom is 0.437 e. The molecule has 6 nitrogen and oxygen atoms in total. The van der Waals surface area contributed by atoms with E-state index >= 15 is 0 Å². The fraction of sp³-hybridized carbons (Fsp3) is 0.190. The lowest BCUT2D eigenvalue weighted by atomic mass is 10.1. The zero-order valence-electron chi connectivity index (χ0n) is 16.1. The summed E-state index contributed by atoms with van der Waals surface area (Å²) in [6.07, 6.45) is -4.06. The monoisotopic (exact) mass is 541 g/mol. The van der Waals surface area contributed by atoms with E-state index in [1.807, 2.05) is 6.07 Å². The molecule has 0 radical (unpaired) electrons. The van der Waals surface area contributed by atoms with E-state index in [9.17, 15) is 18.0 Å². The Morgan fingerprint density at radius 2 is 1.84 bits per heavy atom. The summed E-state index contributed by atoms with van der Waals surface area (Å²) in [6.45, 7) is -0.0123. The minimum atomic E-state index is -4.90. The van der Waals surface area contributed by atoms with Crippen molar-refractivity contribution < 1.29 is 22.6 Å². The number of alkyl halides is 4. The van der Waals surface area contributed by atoms with Gasteiger partial charge in [0, 0.05) is 4.43 Å². The molecule has 0 aliphatic heterocycles. The van der Waals surface area contributed by atoms with E-state index < -0.39 is 23.2 Å². The number of nitriles is 1. The quantitative estimate of drug-likeness (QED) is 0.327. The van der Waals surface area contributed by atoms with Gasteiger partial charge in [-0.2, -0.15) is 18.4 Å². The van der Waals surface area contributed by atoms with Crippen LogP contribution >= 0.6 is 22.6 Å². The Balaban J connectivity index is 2.05.